The van der Waals surface area contributed by atoms with Crippen LogP contribution in [0.4, 0.5) is 0 Å². The second kappa shape index (κ2) is 6.59. The molecule has 1 atom stereocenters. The Labute approximate surface area is 102 Å². The molecule has 4 heteroatoms. The first-order valence-corrected chi connectivity index (χ1v) is 5.59. The van der Waals surface area contributed by atoms with Gasteiger partial charge in [0.05, 0.1) is 6.10 Å². The molecule has 0 saturated carbocycles. The highest BCUT2D eigenvalue weighted by molar-refractivity contribution is 5.35. The van der Waals surface area contributed by atoms with Crippen molar-refractivity contribution >= 4 is 0 Å². The Bertz CT molecular complexity index is 334. The second-order valence-corrected chi connectivity index (χ2v) is 3.99. The van der Waals surface area contributed by atoms with Crippen LogP contribution >= 0.6 is 0 Å². The number of methoxy groups -OCH3 is 2. The molecule has 0 fully saturated rings. The minimum atomic E-state index is -0.875. The minimum absolute atomic E-state index is 0.0480. The van der Waals surface area contributed by atoms with Gasteiger partial charge in [0.25, 0.3) is 0 Å². The van der Waals surface area contributed by atoms with Crippen molar-refractivity contribution < 1.29 is 19.3 Å². The van der Waals surface area contributed by atoms with E-state index in [2.05, 4.69) is 0 Å². The van der Waals surface area contributed by atoms with Crippen LogP contribution in [-0.2, 0) is 9.47 Å². The average molecular weight is 240 g/mol. The first kappa shape index (κ1) is 14.0. The molecule has 1 N–H and O–H groups in total. The fraction of sp³-hybridized carbons (Fsp3) is 0.538. The van der Waals surface area contributed by atoms with E-state index in [1.807, 2.05) is 32.0 Å². The van der Waals surface area contributed by atoms with Crippen LogP contribution in [0.25, 0.3) is 0 Å². The van der Waals surface area contributed by atoms with Crippen LogP contribution in [0.15, 0.2) is 24.3 Å². The van der Waals surface area contributed by atoms with E-state index in [1.54, 1.807) is 6.07 Å². The summed E-state index contributed by atoms with van der Waals surface area (Å²) in [6.07, 6.45) is -1.53. The largest absolute Gasteiger partial charge is 0.491 e. The summed E-state index contributed by atoms with van der Waals surface area (Å²) in [7, 11) is 2.98. The summed E-state index contributed by atoms with van der Waals surface area (Å²) < 4.78 is 15.7. The number of benzene rings is 1. The number of ether oxygens (including phenoxy) is 3. The summed E-state index contributed by atoms with van der Waals surface area (Å²) in [4.78, 5) is 0. The smallest absolute Gasteiger partial charge is 0.187 e. The topological polar surface area (TPSA) is 47.9 Å². The van der Waals surface area contributed by atoms with E-state index < -0.39 is 12.4 Å². The summed E-state index contributed by atoms with van der Waals surface area (Å²) in [6.45, 7) is 3.88. The lowest BCUT2D eigenvalue weighted by atomic mass is 10.1. The fourth-order valence-electron chi connectivity index (χ4n) is 1.59. The summed E-state index contributed by atoms with van der Waals surface area (Å²) in [5, 5.41) is 10.1. The van der Waals surface area contributed by atoms with Crippen molar-refractivity contribution in [1.29, 1.82) is 0 Å². The van der Waals surface area contributed by atoms with E-state index in [4.69, 9.17) is 14.2 Å². The molecule has 17 heavy (non-hydrogen) atoms. The third kappa shape index (κ3) is 3.70. The highest BCUT2D eigenvalue weighted by Crippen LogP contribution is 2.29. The molecule has 0 heterocycles. The zero-order valence-electron chi connectivity index (χ0n) is 10.7. The molecule has 1 unspecified atom stereocenters. The molecule has 0 saturated heterocycles. The van der Waals surface area contributed by atoms with Gasteiger partial charge < -0.3 is 19.3 Å². The molecule has 4 nitrogen and oxygen atoms in total. The van der Waals surface area contributed by atoms with Gasteiger partial charge in [0, 0.05) is 19.8 Å². The summed E-state index contributed by atoms with van der Waals surface area (Å²) in [5.41, 5.74) is 0.662. The molecule has 0 aliphatic heterocycles. The van der Waals surface area contributed by atoms with E-state index in [-0.39, 0.29) is 6.10 Å². The van der Waals surface area contributed by atoms with Crippen LogP contribution < -0.4 is 4.74 Å². The lowest BCUT2D eigenvalue weighted by Gasteiger charge is -2.23. The van der Waals surface area contributed by atoms with Crippen LogP contribution in [0.1, 0.15) is 25.5 Å². The van der Waals surface area contributed by atoms with Gasteiger partial charge in [-0.3, -0.25) is 0 Å². The number of rotatable bonds is 6. The second-order valence-electron chi connectivity index (χ2n) is 3.99. The SMILES string of the molecule is COC(OC)C(O)c1ccccc1OC(C)C. The van der Waals surface area contributed by atoms with Crippen LogP contribution in [-0.4, -0.2) is 31.7 Å². The number of hydrogen-bond donors (Lipinski definition) is 1. The zero-order valence-corrected chi connectivity index (χ0v) is 10.7. The Morgan fingerprint density at radius 3 is 2.18 bits per heavy atom. The lowest BCUT2D eigenvalue weighted by Crippen LogP contribution is -2.23. The highest BCUT2D eigenvalue weighted by atomic mass is 16.7. The van der Waals surface area contributed by atoms with E-state index in [9.17, 15) is 5.11 Å². The Hall–Kier alpha value is -1.10. The number of para-hydroxylation sites is 1. The Morgan fingerprint density at radius 2 is 1.65 bits per heavy atom. The fourth-order valence-corrected chi connectivity index (χ4v) is 1.59. The molecule has 0 aliphatic carbocycles. The predicted molar refractivity (Wildman–Crippen MR) is 65.0 cm³/mol. The molecule has 0 radical (unpaired) electrons. The van der Waals surface area contributed by atoms with Crippen LogP contribution in [0.5, 0.6) is 5.75 Å². The quantitative estimate of drug-likeness (QED) is 0.774. The first-order chi connectivity index (χ1) is 8.10. The van der Waals surface area contributed by atoms with Gasteiger partial charge in [-0.2, -0.15) is 0 Å². The molecular formula is C13H20O4. The molecule has 0 aromatic heterocycles. The molecule has 1 aromatic carbocycles. The molecule has 1 rings (SSSR count). The summed E-state index contributed by atoms with van der Waals surface area (Å²) in [6, 6.07) is 7.32. The maximum atomic E-state index is 10.1. The maximum Gasteiger partial charge on any atom is 0.187 e. The standard InChI is InChI=1S/C13H20O4/c1-9(2)17-11-8-6-5-7-10(11)12(14)13(15-3)16-4/h5-9,12-14H,1-4H3. The summed E-state index contributed by atoms with van der Waals surface area (Å²) in [5.74, 6) is 0.647. The van der Waals surface area contributed by atoms with Gasteiger partial charge in [-0.1, -0.05) is 18.2 Å². The molecular weight excluding hydrogens is 220 g/mol. The lowest BCUT2D eigenvalue weighted by molar-refractivity contribution is -0.166. The van der Waals surface area contributed by atoms with Gasteiger partial charge in [-0.15, -0.1) is 0 Å². The predicted octanol–water partition coefficient (Wildman–Crippen LogP) is 2.13. The van der Waals surface area contributed by atoms with E-state index in [1.165, 1.54) is 14.2 Å². The third-order valence-electron chi connectivity index (χ3n) is 2.32. The first-order valence-electron chi connectivity index (χ1n) is 5.59. The molecule has 1 aromatic rings. The molecule has 96 valence electrons. The number of aliphatic hydroxyl groups excluding tert-OH is 1. The number of aliphatic hydroxyl groups is 1. The van der Waals surface area contributed by atoms with Crippen molar-refractivity contribution in [2.75, 3.05) is 14.2 Å². The van der Waals surface area contributed by atoms with Gasteiger partial charge in [0.2, 0.25) is 0 Å². The number of hydrogen-bond acceptors (Lipinski definition) is 4. The van der Waals surface area contributed by atoms with Gasteiger partial charge in [0.15, 0.2) is 6.29 Å². The van der Waals surface area contributed by atoms with Crippen molar-refractivity contribution in [2.24, 2.45) is 0 Å². The van der Waals surface area contributed by atoms with Gasteiger partial charge in [0.1, 0.15) is 11.9 Å². The zero-order chi connectivity index (χ0) is 12.8. The Kier molecular flexibility index (Phi) is 5.41. The van der Waals surface area contributed by atoms with Crippen molar-refractivity contribution in [2.45, 2.75) is 32.3 Å². The third-order valence-corrected chi connectivity index (χ3v) is 2.32. The normalized spacial score (nSPS) is 13.1. The molecule has 0 aliphatic rings. The van der Waals surface area contributed by atoms with E-state index in [0.29, 0.717) is 11.3 Å². The van der Waals surface area contributed by atoms with E-state index in [0.717, 1.165) is 0 Å². The maximum absolute atomic E-state index is 10.1. The monoisotopic (exact) mass is 240 g/mol. The van der Waals surface area contributed by atoms with Crippen LogP contribution in [0, 0.1) is 0 Å². The van der Waals surface area contributed by atoms with Gasteiger partial charge in [-0.05, 0) is 19.9 Å². The highest BCUT2D eigenvalue weighted by Gasteiger charge is 2.23. The Morgan fingerprint density at radius 1 is 1.06 bits per heavy atom. The molecule has 0 bridgehead atoms. The van der Waals surface area contributed by atoms with Gasteiger partial charge in [-0.25, -0.2) is 0 Å². The van der Waals surface area contributed by atoms with Crippen LogP contribution in [0.3, 0.4) is 0 Å². The van der Waals surface area contributed by atoms with Crippen molar-refractivity contribution in [3.05, 3.63) is 29.8 Å². The van der Waals surface area contributed by atoms with Crippen molar-refractivity contribution in [3.8, 4) is 5.75 Å². The van der Waals surface area contributed by atoms with Gasteiger partial charge >= 0.3 is 0 Å². The minimum Gasteiger partial charge on any atom is -0.491 e. The average Bonchev–Trinajstić information content (AvgIpc) is 2.30. The Balaban J connectivity index is 2.95. The van der Waals surface area contributed by atoms with Crippen molar-refractivity contribution in [1.82, 2.24) is 0 Å². The molecule has 0 spiro atoms. The molecule has 0 amide bonds. The van der Waals surface area contributed by atoms with Crippen LogP contribution in [0.2, 0.25) is 0 Å². The van der Waals surface area contributed by atoms with E-state index >= 15 is 0 Å². The summed E-state index contributed by atoms with van der Waals surface area (Å²) >= 11 is 0. The van der Waals surface area contributed by atoms with Crippen molar-refractivity contribution in [3.63, 3.8) is 0 Å².